The first kappa shape index (κ1) is 17.3. The van der Waals surface area contributed by atoms with Gasteiger partial charge in [-0.2, -0.15) is 0 Å². The van der Waals surface area contributed by atoms with Crippen molar-refractivity contribution in [2.45, 2.75) is 82.5 Å². The normalized spacial score (nSPS) is 46.4. The van der Waals surface area contributed by atoms with E-state index in [1.807, 2.05) is 6.92 Å². The highest BCUT2D eigenvalue weighted by molar-refractivity contribution is 5.69. The van der Waals surface area contributed by atoms with Crippen molar-refractivity contribution < 1.29 is 19.0 Å². The number of esters is 1. The summed E-state index contributed by atoms with van der Waals surface area (Å²) in [6.07, 6.45) is 8.24. The van der Waals surface area contributed by atoms with Gasteiger partial charge in [0.25, 0.3) is 0 Å². The topological polar surface area (TPSA) is 48.1 Å². The third kappa shape index (κ3) is 1.61. The molecule has 4 aliphatic carbocycles. The minimum atomic E-state index is -0.107. The van der Waals surface area contributed by atoms with Crippen LogP contribution in [0.3, 0.4) is 0 Å². The summed E-state index contributed by atoms with van der Waals surface area (Å²) < 4.78 is 18.4. The standard InChI is InChI=1S/C24H30O4/c1-4-20(25)27-19-13-16-14-22(16)21(19,5-2)10-11-23-18-7-6-17(26-3)12-15(18)8-9-24(22,23)28-23/h6-7,12,16,19H,4-5,8-11,13-14H2,1-3H3/t16-,19-,21-,22-,23+,24+/m1/s1. The van der Waals surface area contributed by atoms with Crippen LogP contribution in [0, 0.1) is 16.7 Å². The summed E-state index contributed by atoms with van der Waals surface area (Å²) in [6, 6.07) is 6.56. The molecule has 1 spiro atoms. The van der Waals surface area contributed by atoms with Crippen molar-refractivity contribution >= 4 is 5.97 Å². The molecule has 0 N–H and O–H groups in total. The maximum absolute atomic E-state index is 12.2. The number of benzene rings is 1. The van der Waals surface area contributed by atoms with E-state index in [2.05, 4.69) is 25.1 Å². The number of epoxide rings is 1. The van der Waals surface area contributed by atoms with Crippen LogP contribution >= 0.6 is 0 Å². The predicted octanol–water partition coefficient (Wildman–Crippen LogP) is 4.53. The van der Waals surface area contributed by atoms with E-state index in [4.69, 9.17) is 14.2 Å². The maximum atomic E-state index is 12.2. The molecule has 5 aliphatic rings. The molecule has 1 aromatic rings. The van der Waals surface area contributed by atoms with Crippen LogP contribution < -0.4 is 4.74 Å². The predicted molar refractivity (Wildman–Crippen MR) is 104 cm³/mol. The second-order valence-electron chi connectivity index (χ2n) is 9.73. The van der Waals surface area contributed by atoms with Gasteiger partial charge in [0.05, 0.1) is 7.11 Å². The van der Waals surface area contributed by atoms with Gasteiger partial charge in [0.2, 0.25) is 0 Å². The lowest BCUT2D eigenvalue weighted by molar-refractivity contribution is -0.161. The molecule has 28 heavy (non-hydrogen) atoms. The summed E-state index contributed by atoms with van der Waals surface area (Å²) in [5, 5.41) is 0. The molecule has 1 aromatic carbocycles. The molecule has 1 heterocycles. The molecule has 6 atom stereocenters. The molecule has 1 saturated heterocycles. The van der Waals surface area contributed by atoms with E-state index in [-0.39, 0.29) is 34.1 Å². The van der Waals surface area contributed by atoms with E-state index in [0.717, 1.165) is 44.3 Å². The lowest BCUT2D eigenvalue weighted by Crippen LogP contribution is -2.54. The molecule has 3 saturated carbocycles. The highest BCUT2D eigenvalue weighted by Gasteiger charge is 2.94. The molecule has 0 amide bonds. The highest BCUT2D eigenvalue weighted by atomic mass is 16.6. The smallest absolute Gasteiger partial charge is 0.305 e. The minimum absolute atomic E-state index is 0.0338. The van der Waals surface area contributed by atoms with Crippen molar-refractivity contribution in [3.8, 4) is 5.75 Å². The molecule has 4 fully saturated rings. The average Bonchev–Trinajstić information content (AvgIpc) is 3.60. The molecule has 1 aliphatic heterocycles. The summed E-state index contributed by atoms with van der Waals surface area (Å²) in [5.74, 6) is 1.56. The summed E-state index contributed by atoms with van der Waals surface area (Å²) in [4.78, 5) is 12.2. The van der Waals surface area contributed by atoms with Gasteiger partial charge >= 0.3 is 5.97 Å². The van der Waals surface area contributed by atoms with E-state index < -0.39 is 0 Å². The lowest BCUT2D eigenvalue weighted by atomic mass is 9.51. The van der Waals surface area contributed by atoms with Crippen LogP contribution in [0.25, 0.3) is 0 Å². The molecule has 0 aromatic heterocycles. The molecule has 0 bridgehead atoms. The van der Waals surface area contributed by atoms with Gasteiger partial charge in [-0.3, -0.25) is 4.79 Å². The van der Waals surface area contributed by atoms with Gasteiger partial charge in [0, 0.05) is 17.3 Å². The Morgan fingerprint density at radius 3 is 2.86 bits per heavy atom. The molecule has 150 valence electrons. The molecule has 4 nitrogen and oxygen atoms in total. The largest absolute Gasteiger partial charge is 0.497 e. The van der Waals surface area contributed by atoms with Gasteiger partial charge in [-0.25, -0.2) is 0 Å². The number of ether oxygens (including phenoxy) is 3. The molecular formula is C24H30O4. The van der Waals surface area contributed by atoms with Crippen molar-refractivity contribution in [3.05, 3.63) is 29.3 Å². The van der Waals surface area contributed by atoms with Gasteiger partial charge in [-0.05, 0) is 74.1 Å². The number of carbonyl (C=O) groups is 1. The van der Waals surface area contributed by atoms with Crippen LogP contribution in [-0.4, -0.2) is 24.8 Å². The number of fused-ring (bicyclic) bond motifs is 1. The Morgan fingerprint density at radius 2 is 2.11 bits per heavy atom. The van der Waals surface area contributed by atoms with Crippen LogP contribution in [0.2, 0.25) is 0 Å². The van der Waals surface area contributed by atoms with Gasteiger partial charge in [0.1, 0.15) is 23.1 Å². The van der Waals surface area contributed by atoms with Crippen molar-refractivity contribution in [3.63, 3.8) is 0 Å². The number of rotatable bonds is 4. The first-order chi connectivity index (χ1) is 13.5. The number of methoxy groups -OCH3 is 1. The Bertz CT molecular complexity index is 879. The SMILES string of the molecule is CCC(=O)O[C@@H]1C[C@@H]2C[C@]23[C@]1(CC)CC[C@@]12O[C@@]31CCc1cc(OC)ccc12. The van der Waals surface area contributed by atoms with E-state index in [9.17, 15) is 4.79 Å². The lowest BCUT2D eigenvalue weighted by Gasteiger charge is -2.51. The van der Waals surface area contributed by atoms with Crippen LogP contribution in [0.5, 0.6) is 5.75 Å². The van der Waals surface area contributed by atoms with E-state index in [1.165, 1.54) is 17.5 Å². The maximum Gasteiger partial charge on any atom is 0.305 e. The summed E-state index contributed by atoms with van der Waals surface area (Å²) in [7, 11) is 1.74. The van der Waals surface area contributed by atoms with Gasteiger partial charge < -0.3 is 14.2 Å². The molecule has 0 unspecified atom stereocenters. The van der Waals surface area contributed by atoms with Crippen molar-refractivity contribution in [2.24, 2.45) is 16.7 Å². The molecule has 4 heteroatoms. The van der Waals surface area contributed by atoms with Crippen LogP contribution in [-0.2, 0) is 26.3 Å². The zero-order chi connectivity index (χ0) is 19.4. The van der Waals surface area contributed by atoms with Crippen LogP contribution in [0.15, 0.2) is 18.2 Å². The third-order valence-electron chi connectivity index (χ3n) is 9.40. The summed E-state index contributed by atoms with van der Waals surface area (Å²) in [6.45, 7) is 4.20. The fourth-order valence-electron chi connectivity index (χ4n) is 8.27. The zero-order valence-electron chi connectivity index (χ0n) is 17.2. The third-order valence-corrected chi connectivity index (χ3v) is 9.40. The fraction of sp³-hybridized carbons (Fsp3) is 0.708. The first-order valence-corrected chi connectivity index (χ1v) is 11.1. The monoisotopic (exact) mass is 382 g/mol. The quantitative estimate of drug-likeness (QED) is 0.567. The van der Waals surface area contributed by atoms with Gasteiger partial charge in [-0.15, -0.1) is 0 Å². The molecule has 0 radical (unpaired) electrons. The summed E-state index contributed by atoms with van der Waals surface area (Å²) in [5.41, 5.74) is 2.98. The number of carbonyl (C=O) groups excluding carboxylic acids is 1. The number of hydrogen-bond acceptors (Lipinski definition) is 4. The van der Waals surface area contributed by atoms with E-state index >= 15 is 0 Å². The zero-order valence-corrected chi connectivity index (χ0v) is 17.2. The Balaban J connectivity index is 1.43. The Morgan fingerprint density at radius 1 is 1.25 bits per heavy atom. The van der Waals surface area contributed by atoms with Crippen molar-refractivity contribution in [1.29, 1.82) is 0 Å². The van der Waals surface area contributed by atoms with Crippen LogP contribution in [0.1, 0.15) is 69.9 Å². The highest BCUT2D eigenvalue weighted by Crippen LogP contribution is 2.91. The molecular weight excluding hydrogens is 352 g/mol. The average molecular weight is 383 g/mol. The minimum Gasteiger partial charge on any atom is -0.497 e. The van der Waals surface area contributed by atoms with Crippen molar-refractivity contribution in [2.75, 3.05) is 7.11 Å². The van der Waals surface area contributed by atoms with E-state index in [0.29, 0.717) is 12.3 Å². The van der Waals surface area contributed by atoms with Crippen LogP contribution in [0.4, 0.5) is 0 Å². The van der Waals surface area contributed by atoms with Gasteiger partial charge in [-0.1, -0.05) is 19.9 Å². The van der Waals surface area contributed by atoms with E-state index in [1.54, 1.807) is 7.11 Å². The molecule has 6 rings (SSSR count). The fourth-order valence-corrected chi connectivity index (χ4v) is 8.27. The second kappa shape index (κ2) is 5.13. The Labute approximate surface area is 166 Å². The van der Waals surface area contributed by atoms with Crippen molar-refractivity contribution in [1.82, 2.24) is 0 Å². The van der Waals surface area contributed by atoms with Gasteiger partial charge in [0.15, 0.2) is 0 Å². The Kier molecular flexibility index (Phi) is 3.17. The number of aryl methyl sites for hydroxylation is 1. The first-order valence-electron chi connectivity index (χ1n) is 11.1. The Hall–Kier alpha value is -1.55. The number of hydrogen-bond donors (Lipinski definition) is 0. The summed E-state index contributed by atoms with van der Waals surface area (Å²) >= 11 is 0. The second-order valence-corrected chi connectivity index (χ2v) is 9.73.